The smallest absolute Gasteiger partial charge is 0.326 e. The third-order valence-electron chi connectivity index (χ3n) is 3.13. The highest BCUT2D eigenvalue weighted by atomic mass is 32.1. The highest BCUT2D eigenvalue weighted by Crippen LogP contribution is 2.08. The predicted octanol–water partition coefficient (Wildman–Crippen LogP) is -1.66. The molecule has 0 aromatic heterocycles. The van der Waals surface area contributed by atoms with E-state index in [2.05, 4.69) is 23.3 Å². The molecule has 0 radical (unpaired) electrons. The predicted molar refractivity (Wildman–Crippen MR) is 79.9 cm³/mol. The first-order chi connectivity index (χ1) is 9.78. The first kappa shape index (κ1) is 19.7. The van der Waals surface area contributed by atoms with Gasteiger partial charge in [-0.25, -0.2) is 4.79 Å². The van der Waals surface area contributed by atoms with E-state index in [9.17, 15) is 14.4 Å². The van der Waals surface area contributed by atoms with Crippen molar-refractivity contribution < 1.29 is 24.6 Å². The van der Waals surface area contributed by atoms with Crippen molar-refractivity contribution in [1.29, 1.82) is 0 Å². The van der Waals surface area contributed by atoms with E-state index in [-0.39, 0.29) is 11.7 Å². The largest absolute Gasteiger partial charge is 0.480 e. The van der Waals surface area contributed by atoms with Gasteiger partial charge in [0.05, 0.1) is 6.61 Å². The van der Waals surface area contributed by atoms with Crippen molar-refractivity contribution in [3.8, 4) is 0 Å². The van der Waals surface area contributed by atoms with Crippen molar-refractivity contribution in [2.24, 2.45) is 11.7 Å². The van der Waals surface area contributed by atoms with Crippen molar-refractivity contribution in [3.63, 3.8) is 0 Å². The highest BCUT2D eigenvalue weighted by molar-refractivity contribution is 7.80. The number of rotatable bonds is 9. The first-order valence-corrected chi connectivity index (χ1v) is 7.22. The SMILES string of the molecule is CC[C@H](C)[C@H](NC(=O)[C@H](CS)NC(=O)[C@@H](N)CO)C(=O)O. The van der Waals surface area contributed by atoms with Crippen LogP contribution in [0.4, 0.5) is 0 Å². The fraction of sp³-hybridized carbons (Fsp3) is 0.750. The zero-order chi connectivity index (χ0) is 16.6. The van der Waals surface area contributed by atoms with Crippen LogP contribution >= 0.6 is 12.6 Å². The van der Waals surface area contributed by atoms with E-state index in [4.69, 9.17) is 15.9 Å². The third kappa shape index (κ3) is 6.32. The van der Waals surface area contributed by atoms with Gasteiger partial charge in [-0.05, 0) is 5.92 Å². The summed E-state index contributed by atoms with van der Waals surface area (Å²) in [4.78, 5) is 34.7. The van der Waals surface area contributed by atoms with E-state index in [0.29, 0.717) is 6.42 Å². The number of thiol groups is 1. The van der Waals surface area contributed by atoms with Gasteiger partial charge in [-0.1, -0.05) is 20.3 Å². The number of nitrogens with one attached hydrogen (secondary N) is 2. The van der Waals surface area contributed by atoms with Gasteiger partial charge in [0.2, 0.25) is 11.8 Å². The van der Waals surface area contributed by atoms with Crippen LogP contribution in [0.1, 0.15) is 20.3 Å². The Hall–Kier alpha value is -1.32. The fourth-order valence-electron chi connectivity index (χ4n) is 1.49. The summed E-state index contributed by atoms with van der Waals surface area (Å²) in [6, 6.07) is -3.22. The van der Waals surface area contributed by atoms with Gasteiger partial charge in [0, 0.05) is 5.75 Å². The van der Waals surface area contributed by atoms with Crippen LogP contribution in [0.2, 0.25) is 0 Å². The zero-order valence-electron chi connectivity index (χ0n) is 12.1. The van der Waals surface area contributed by atoms with Crippen LogP contribution in [0.15, 0.2) is 0 Å². The molecule has 0 unspecified atom stereocenters. The molecule has 0 spiro atoms. The Morgan fingerprint density at radius 2 is 1.81 bits per heavy atom. The molecule has 21 heavy (non-hydrogen) atoms. The summed E-state index contributed by atoms with van der Waals surface area (Å²) >= 11 is 3.95. The molecular weight excluding hydrogens is 298 g/mol. The highest BCUT2D eigenvalue weighted by Gasteiger charge is 2.29. The minimum atomic E-state index is -1.15. The number of carboxylic acids is 1. The summed E-state index contributed by atoms with van der Waals surface area (Å²) in [5.74, 6) is -2.79. The summed E-state index contributed by atoms with van der Waals surface area (Å²) in [5, 5.41) is 22.6. The number of carboxylic acid groups (broad SMARTS) is 1. The molecule has 122 valence electrons. The van der Waals surface area contributed by atoms with Crippen LogP contribution in [-0.4, -0.2) is 58.5 Å². The number of hydrogen-bond acceptors (Lipinski definition) is 6. The number of hydrogen-bond donors (Lipinski definition) is 6. The lowest BCUT2D eigenvalue weighted by atomic mass is 9.99. The van der Waals surface area contributed by atoms with E-state index in [1.54, 1.807) is 6.92 Å². The van der Waals surface area contributed by atoms with Crippen LogP contribution in [-0.2, 0) is 14.4 Å². The molecular formula is C12H23N3O5S. The number of amides is 2. The molecule has 0 rings (SSSR count). The minimum absolute atomic E-state index is 0.0252. The fourth-order valence-corrected chi connectivity index (χ4v) is 1.75. The molecule has 0 aromatic carbocycles. The molecule has 4 atom stereocenters. The molecule has 6 N–H and O–H groups in total. The van der Waals surface area contributed by atoms with Gasteiger partial charge in [0.25, 0.3) is 0 Å². The Kier molecular flexibility index (Phi) is 8.98. The summed E-state index contributed by atoms with van der Waals surface area (Å²) in [7, 11) is 0. The number of aliphatic carboxylic acids is 1. The molecule has 0 aromatic rings. The molecule has 8 nitrogen and oxygen atoms in total. The van der Waals surface area contributed by atoms with Gasteiger partial charge in [0.15, 0.2) is 0 Å². The van der Waals surface area contributed by atoms with Crippen LogP contribution in [0.25, 0.3) is 0 Å². The first-order valence-electron chi connectivity index (χ1n) is 6.59. The van der Waals surface area contributed by atoms with Gasteiger partial charge in [-0.2, -0.15) is 12.6 Å². The topological polar surface area (TPSA) is 142 Å². The number of aliphatic hydroxyl groups is 1. The molecule has 0 saturated heterocycles. The van der Waals surface area contributed by atoms with Crippen molar-refractivity contribution in [3.05, 3.63) is 0 Å². The Bertz CT molecular complexity index is 380. The lowest BCUT2D eigenvalue weighted by Gasteiger charge is -2.24. The maximum Gasteiger partial charge on any atom is 0.326 e. The van der Waals surface area contributed by atoms with E-state index in [0.717, 1.165) is 0 Å². The molecule has 0 bridgehead atoms. The van der Waals surface area contributed by atoms with Crippen LogP contribution in [0, 0.1) is 5.92 Å². The second-order valence-corrected chi connectivity index (χ2v) is 5.11. The van der Waals surface area contributed by atoms with Gasteiger partial charge >= 0.3 is 5.97 Å². The maximum atomic E-state index is 12.0. The molecule has 0 aliphatic carbocycles. The zero-order valence-corrected chi connectivity index (χ0v) is 13.0. The van der Waals surface area contributed by atoms with Crippen LogP contribution in [0.5, 0.6) is 0 Å². The van der Waals surface area contributed by atoms with E-state index in [1.807, 2.05) is 6.92 Å². The summed E-state index contributed by atoms with van der Waals surface area (Å²) in [6.45, 7) is 2.96. The van der Waals surface area contributed by atoms with Gasteiger partial charge in [-0.3, -0.25) is 9.59 Å². The third-order valence-corrected chi connectivity index (χ3v) is 3.49. The Labute approximate surface area is 128 Å². The molecule has 0 saturated carbocycles. The van der Waals surface area contributed by atoms with Crippen LogP contribution in [0.3, 0.4) is 0 Å². The molecule has 9 heteroatoms. The molecule has 0 aliphatic rings. The normalized spacial score (nSPS) is 16.4. The quantitative estimate of drug-likeness (QED) is 0.281. The van der Waals surface area contributed by atoms with Crippen molar-refractivity contribution in [2.75, 3.05) is 12.4 Å². The number of nitrogens with two attached hydrogens (primary N) is 1. The molecule has 2 amide bonds. The maximum absolute atomic E-state index is 12.0. The van der Waals surface area contributed by atoms with Crippen molar-refractivity contribution >= 4 is 30.4 Å². The van der Waals surface area contributed by atoms with Crippen molar-refractivity contribution in [1.82, 2.24) is 10.6 Å². The monoisotopic (exact) mass is 321 g/mol. The summed E-state index contributed by atoms with van der Waals surface area (Å²) in [5.41, 5.74) is 5.33. The lowest BCUT2D eigenvalue weighted by Crippen LogP contribution is -2.56. The van der Waals surface area contributed by atoms with E-state index in [1.165, 1.54) is 0 Å². The van der Waals surface area contributed by atoms with Gasteiger partial charge < -0.3 is 26.6 Å². The van der Waals surface area contributed by atoms with Crippen molar-refractivity contribution in [2.45, 2.75) is 38.4 Å². The number of carbonyl (C=O) groups excluding carboxylic acids is 2. The Balaban J connectivity index is 4.77. The summed E-state index contributed by atoms with van der Waals surface area (Å²) < 4.78 is 0. The molecule has 0 aliphatic heterocycles. The second kappa shape index (κ2) is 9.59. The summed E-state index contributed by atoms with van der Waals surface area (Å²) in [6.07, 6.45) is 0.574. The van der Waals surface area contributed by atoms with Crippen LogP contribution < -0.4 is 16.4 Å². The molecule has 0 fully saturated rings. The standard InChI is InChI=1S/C12H23N3O5S/c1-3-6(2)9(12(19)20)15-11(18)8(5-21)14-10(17)7(13)4-16/h6-9,16,21H,3-5,13H2,1-2H3,(H,14,17)(H,15,18)(H,19,20)/t6-,7-,8-,9-/m0/s1. The number of aliphatic hydroxyl groups excluding tert-OH is 1. The van der Waals surface area contributed by atoms with Gasteiger partial charge in [0.1, 0.15) is 18.1 Å². The number of carbonyl (C=O) groups is 3. The van der Waals surface area contributed by atoms with E-state index < -0.39 is 42.5 Å². The van der Waals surface area contributed by atoms with E-state index >= 15 is 0 Å². The average Bonchev–Trinajstić information content (AvgIpc) is 2.47. The average molecular weight is 321 g/mol. The minimum Gasteiger partial charge on any atom is -0.480 e. The lowest BCUT2D eigenvalue weighted by molar-refractivity contribution is -0.143. The molecule has 0 heterocycles. The Morgan fingerprint density at radius 1 is 1.24 bits per heavy atom. The Morgan fingerprint density at radius 3 is 2.19 bits per heavy atom. The second-order valence-electron chi connectivity index (χ2n) is 4.74. The van der Waals surface area contributed by atoms with Gasteiger partial charge in [-0.15, -0.1) is 0 Å².